The first-order valence-electron chi connectivity index (χ1n) is 9.81. The fourth-order valence-corrected chi connectivity index (χ4v) is 4.22. The van der Waals surface area contributed by atoms with Gasteiger partial charge in [-0.2, -0.15) is 0 Å². The Hall–Kier alpha value is -2.41. The number of fused-ring (bicyclic) bond motifs is 1. The van der Waals surface area contributed by atoms with Crippen LogP contribution in [0.15, 0.2) is 18.2 Å². The van der Waals surface area contributed by atoms with E-state index in [2.05, 4.69) is 10.2 Å². The highest BCUT2D eigenvalue weighted by Crippen LogP contribution is 2.32. The van der Waals surface area contributed by atoms with Crippen LogP contribution in [0.1, 0.15) is 52.8 Å². The number of benzene rings is 1. The monoisotopic (exact) mass is 370 g/mol. The van der Waals surface area contributed by atoms with Crippen molar-refractivity contribution in [1.29, 1.82) is 0 Å². The minimum Gasteiger partial charge on any atom is -0.322 e. The van der Waals surface area contributed by atoms with Crippen LogP contribution in [-0.4, -0.2) is 71.8 Å². The van der Waals surface area contributed by atoms with Crippen LogP contribution >= 0.6 is 0 Å². The molecule has 1 saturated carbocycles. The Bertz CT molecular complexity index is 764. The molecule has 1 saturated heterocycles. The van der Waals surface area contributed by atoms with Crippen LogP contribution in [0.3, 0.4) is 0 Å². The Morgan fingerprint density at radius 1 is 0.963 bits per heavy atom. The second-order valence-electron chi connectivity index (χ2n) is 7.75. The molecule has 0 unspecified atom stereocenters. The van der Waals surface area contributed by atoms with Gasteiger partial charge in [-0.3, -0.25) is 14.5 Å². The van der Waals surface area contributed by atoms with Gasteiger partial charge in [0.25, 0.3) is 11.8 Å². The average molecular weight is 370 g/mol. The molecule has 4 rings (SSSR count). The first-order chi connectivity index (χ1) is 13.0. The lowest BCUT2D eigenvalue weighted by atomic mass is 9.94. The predicted octanol–water partition coefficient (Wildman–Crippen LogP) is 2.39. The lowest BCUT2D eigenvalue weighted by Gasteiger charge is -2.32. The van der Waals surface area contributed by atoms with Gasteiger partial charge in [-0.25, -0.2) is 4.79 Å². The Morgan fingerprint density at radius 2 is 1.63 bits per heavy atom. The molecule has 0 aromatic heterocycles. The number of likely N-dealkylation sites (N-methyl/N-ethyl adjacent to an activating group) is 1. The summed E-state index contributed by atoms with van der Waals surface area (Å²) in [6.45, 7) is 3.06. The number of hydrogen-bond acceptors (Lipinski definition) is 4. The second kappa shape index (κ2) is 7.31. The molecule has 1 aliphatic carbocycles. The van der Waals surface area contributed by atoms with Crippen LogP contribution in [0.5, 0.6) is 0 Å². The molecule has 2 fully saturated rings. The van der Waals surface area contributed by atoms with Crippen molar-refractivity contribution < 1.29 is 14.4 Å². The number of piperazine rings is 1. The van der Waals surface area contributed by atoms with E-state index in [0.717, 1.165) is 38.8 Å². The number of rotatable bonds is 2. The van der Waals surface area contributed by atoms with E-state index in [1.54, 1.807) is 23.1 Å². The fraction of sp³-hybridized carbons (Fsp3) is 0.550. The molecule has 0 atom stereocenters. The van der Waals surface area contributed by atoms with Crippen molar-refractivity contribution >= 4 is 23.5 Å². The van der Waals surface area contributed by atoms with Crippen molar-refractivity contribution in [2.75, 3.05) is 38.5 Å². The third-order valence-corrected chi connectivity index (χ3v) is 5.90. The zero-order valence-electron chi connectivity index (χ0n) is 15.7. The number of anilines is 1. The molecule has 4 amide bonds. The topological polar surface area (TPSA) is 73.0 Å². The molecule has 0 spiro atoms. The van der Waals surface area contributed by atoms with Gasteiger partial charge in [0, 0.05) is 37.9 Å². The Morgan fingerprint density at radius 3 is 2.33 bits per heavy atom. The van der Waals surface area contributed by atoms with Gasteiger partial charge in [0.05, 0.1) is 11.1 Å². The number of carbonyl (C=O) groups excluding carboxylic acids is 3. The molecule has 27 heavy (non-hydrogen) atoms. The maximum Gasteiger partial charge on any atom is 0.321 e. The molecule has 0 radical (unpaired) electrons. The summed E-state index contributed by atoms with van der Waals surface area (Å²) >= 11 is 0. The third-order valence-electron chi connectivity index (χ3n) is 5.90. The summed E-state index contributed by atoms with van der Waals surface area (Å²) in [7, 11) is 2.04. The van der Waals surface area contributed by atoms with Gasteiger partial charge in [0.1, 0.15) is 0 Å². The van der Waals surface area contributed by atoms with Crippen LogP contribution in [0.25, 0.3) is 0 Å². The molecule has 7 nitrogen and oxygen atoms in total. The van der Waals surface area contributed by atoms with E-state index in [-0.39, 0.29) is 23.9 Å². The van der Waals surface area contributed by atoms with E-state index < -0.39 is 0 Å². The average Bonchev–Trinajstić information content (AvgIpc) is 2.93. The van der Waals surface area contributed by atoms with Gasteiger partial charge in [-0.15, -0.1) is 0 Å². The molecule has 2 heterocycles. The molecule has 3 aliphatic rings. The zero-order valence-corrected chi connectivity index (χ0v) is 15.7. The third kappa shape index (κ3) is 3.43. The van der Waals surface area contributed by atoms with E-state index in [1.165, 1.54) is 11.3 Å². The summed E-state index contributed by atoms with van der Waals surface area (Å²) < 4.78 is 0. The van der Waals surface area contributed by atoms with E-state index >= 15 is 0 Å². The van der Waals surface area contributed by atoms with Gasteiger partial charge >= 0.3 is 6.03 Å². The Labute approximate surface area is 159 Å². The van der Waals surface area contributed by atoms with Crippen molar-refractivity contribution in [3.63, 3.8) is 0 Å². The van der Waals surface area contributed by atoms with Crippen molar-refractivity contribution in [2.45, 2.75) is 38.1 Å². The standard InChI is InChI=1S/C20H26N4O3/c1-22-9-11-23(12-10-22)20(27)21-14-7-8-16-17(13-14)19(26)24(18(16)25)15-5-3-2-4-6-15/h7-8,13,15H,2-6,9-12H2,1H3,(H,21,27). The van der Waals surface area contributed by atoms with Crippen molar-refractivity contribution in [3.8, 4) is 0 Å². The molecule has 1 N–H and O–H groups in total. The first kappa shape index (κ1) is 18.0. The number of nitrogens with zero attached hydrogens (tertiary/aromatic N) is 3. The number of nitrogens with one attached hydrogen (secondary N) is 1. The number of carbonyl (C=O) groups is 3. The van der Waals surface area contributed by atoms with Gasteiger partial charge in [-0.05, 0) is 38.1 Å². The summed E-state index contributed by atoms with van der Waals surface area (Å²) in [6, 6.07) is 4.87. The van der Waals surface area contributed by atoms with Crippen LogP contribution in [0.2, 0.25) is 0 Å². The summed E-state index contributed by atoms with van der Waals surface area (Å²) in [5.41, 5.74) is 1.41. The van der Waals surface area contributed by atoms with Crippen LogP contribution < -0.4 is 5.32 Å². The molecule has 1 aromatic carbocycles. The highest BCUT2D eigenvalue weighted by atomic mass is 16.2. The largest absolute Gasteiger partial charge is 0.322 e. The van der Waals surface area contributed by atoms with Crippen LogP contribution in [0, 0.1) is 0 Å². The number of amides is 4. The smallest absolute Gasteiger partial charge is 0.321 e. The number of urea groups is 1. The van der Waals surface area contributed by atoms with Crippen molar-refractivity contribution in [1.82, 2.24) is 14.7 Å². The SMILES string of the molecule is CN1CCN(C(=O)Nc2ccc3c(c2)C(=O)N(C2CCCCC2)C3=O)CC1. The lowest BCUT2D eigenvalue weighted by molar-refractivity contribution is 0.0549. The van der Waals surface area contributed by atoms with E-state index in [9.17, 15) is 14.4 Å². The molecule has 7 heteroatoms. The molecular formula is C20H26N4O3. The maximum absolute atomic E-state index is 12.9. The lowest BCUT2D eigenvalue weighted by Crippen LogP contribution is -2.48. The first-order valence-corrected chi connectivity index (χ1v) is 9.81. The van der Waals surface area contributed by atoms with Crippen LogP contribution in [0.4, 0.5) is 10.5 Å². The van der Waals surface area contributed by atoms with Gasteiger partial charge < -0.3 is 15.1 Å². The van der Waals surface area contributed by atoms with Gasteiger partial charge in [0.15, 0.2) is 0 Å². The molecule has 2 aliphatic heterocycles. The normalized spacial score (nSPS) is 21.5. The molecule has 144 valence electrons. The predicted molar refractivity (Wildman–Crippen MR) is 102 cm³/mol. The number of hydrogen-bond donors (Lipinski definition) is 1. The molecule has 1 aromatic rings. The van der Waals surface area contributed by atoms with E-state index in [4.69, 9.17) is 0 Å². The Kier molecular flexibility index (Phi) is 4.86. The summed E-state index contributed by atoms with van der Waals surface area (Å²) in [5.74, 6) is -0.420. The summed E-state index contributed by atoms with van der Waals surface area (Å²) in [5, 5.41) is 2.87. The minimum atomic E-state index is -0.224. The second-order valence-corrected chi connectivity index (χ2v) is 7.75. The summed E-state index contributed by atoms with van der Waals surface area (Å²) in [6.07, 6.45) is 5.06. The zero-order chi connectivity index (χ0) is 19.0. The maximum atomic E-state index is 12.9. The molecule has 0 bridgehead atoms. The van der Waals surface area contributed by atoms with E-state index in [0.29, 0.717) is 29.9 Å². The molecular weight excluding hydrogens is 344 g/mol. The van der Waals surface area contributed by atoms with Crippen molar-refractivity contribution in [2.24, 2.45) is 0 Å². The van der Waals surface area contributed by atoms with Gasteiger partial charge in [-0.1, -0.05) is 19.3 Å². The van der Waals surface area contributed by atoms with Crippen molar-refractivity contribution in [3.05, 3.63) is 29.3 Å². The van der Waals surface area contributed by atoms with Crippen LogP contribution in [-0.2, 0) is 0 Å². The van der Waals surface area contributed by atoms with Gasteiger partial charge in [0.2, 0.25) is 0 Å². The Balaban J connectivity index is 1.48. The highest BCUT2D eigenvalue weighted by molar-refractivity contribution is 6.22. The summed E-state index contributed by atoms with van der Waals surface area (Å²) in [4.78, 5) is 43.4. The fourth-order valence-electron chi connectivity index (χ4n) is 4.22. The highest BCUT2D eigenvalue weighted by Gasteiger charge is 2.40. The minimum absolute atomic E-state index is 0.00882. The number of imide groups is 1. The quantitative estimate of drug-likeness (QED) is 0.812. The van der Waals surface area contributed by atoms with E-state index in [1.807, 2.05) is 7.05 Å².